The molecular formula is C33H37N7O. The number of piperidine rings is 1. The summed E-state index contributed by atoms with van der Waals surface area (Å²) in [6.07, 6.45) is 2.37. The first kappa shape index (κ1) is 26.1. The van der Waals surface area contributed by atoms with Gasteiger partial charge in [0.1, 0.15) is 11.4 Å². The molecule has 3 aliphatic heterocycles. The third kappa shape index (κ3) is 5.43. The maximum absolute atomic E-state index is 5.75. The Bertz CT molecular complexity index is 1470. The number of likely N-dealkylation sites (tertiary alicyclic amines) is 1. The molecule has 4 aromatic rings. The standard InChI is InChI=1S/C33H37N7O/c1-38-19-20-41-22-30(38)33-35-31(32(36-37-33)25-7-3-2-4-8-25)26-13-11-24(12-14-26)21-39-17-15-27(16-18-39)40-23-34-28-9-5-6-10-29(28)40/h2-14,27,30,34H,15-23H2,1H3. The van der Waals surface area contributed by atoms with E-state index in [2.05, 4.69) is 92.8 Å². The minimum atomic E-state index is 0.00634. The lowest BCUT2D eigenvalue weighted by Crippen LogP contribution is -2.44. The lowest BCUT2D eigenvalue weighted by Gasteiger charge is -2.37. The largest absolute Gasteiger partial charge is 0.378 e. The Hall–Kier alpha value is -3.85. The predicted molar refractivity (Wildman–Crippen MR) is 163 cm³/mol. The van der Waals surface area contributed by atoms with E-state index in [1.54, 1.807) is 0 Å². The molecule has 8 heteroatoms. The molecule has 4 heterocycles. The minimum Gasteiger partial charge on any atom is -0.378 e. The third-order valence-electron chi connectivity index (χ3n) is 8.73. The van der Waals surface area contributed by atoms with Crippen LogP contribution in [0.25, 0.3) is 22.5 Å². The lowest BCUT2D eigenvalue weighted by molar-refractivity contribution is 0.00152. The third-order valence-corrected chi connectivity index (χ3v) is 8.73. The van der Waals surface area contributed by atoms with E-state index in [1.165, 1.54) is 29.8 Å². The monoisotopic (exact) mass is 547 g/mol. The fraction of sp³-hybridized carbons (Fsp3) is 0.364. The summed E-state index contributed by atoms with van der Waals surface area (Å²) in [5.74, 6) is 0.713. The van der Waals surface area contributed by atoms with E-state index in [-0.39, 0.29) is 6.04 Å². The summed E-state index contributed by atoms with van der Waals surface area (Å²) in [7, 11) is 2.10. The number of para-hydroxylation sites is 2. The van der Waals surface area contributed by atoms with E-state index in [9.17, 15) is 0 Å². The van der Waals surface area contributed by atoms with Gasteiger partial charge in [-0.3, -0.25) is 9.80 Å². The topological polar surface area (TPSA) is 69.7 Å². The number of ether oxygens (including phenoxy) is 1. The predicted octanol–water partition coefficient (Wildman–Crippen LogP) is 5.06. The molecule has 3 aromatic carbocycles. The molecule has 7 rings (SSSR count). The molecule has 1 atom stereocenters. The molecule has 1 N–H and O–H groups in total. The molecule has 0 aliphatic carbocycles. The molecule has 210 valence electrons. The molecule has 0 amide bonds. The molecule has 0 radical (unpaired) electrons. The normalized spacial score (nSPS) is 20.1. The van der Waals surface area contributed by atoms with Gasteiger partial charge in [-0.2, -0.15) is 0 Å². The minimum absolute atomic E-state index is 0.00634. The highest BCUT2D eigenvalue weighted by Crippen LogP contribution is 2.35. The van der Waals surface area contributed by atoms with Gasteiger partial charge in [-0.25, -0.2) is 4.98 Å². The second-order valence-corrected chi connectivity index (χ2v) is 11.3. The molecule has 2 fully saturated rings. The molecule has 1 aromatic heterocycles. The number of rotatable bonds is 6. The SMILES string of the molecule is CN1CCOCC1c1nnc(-c2ccccc2)c(-c2ccc(CN3CCC(N4CNc5ccccc54)CC3)cc2)n1. The number of fused-ring (bicyclic) bond motifs is 1. The zero-order valence-electron chi connectivity index (χ0n) is 23.6. The van der Waals surface area contributed by atoms with Crippen molar-refractivity contribution in [3.05, 3.63) is 90.3 Å². The smallest absolute Gasteiger partial charge is 0.171 e. The summed E-state index contributed by atoms with van der Waals surface area (Å²) in [6, 6.07) is 28.4. The lowest BCUT2D eigenvalue weighted by atomic mass is 10.0. The van der Waals surface area contributed by atoms with Crippen molar-refractivity contribution in [2.24, 2.45) is 0 Å². The molecule has 41 heavy (non-hydrogen) atoms. The second-order valence-electron chi connectivity index (χ2n) is 11.3. The summed E-state index contributed by atoms with van der Waals surface area (Å²) >= 11 is 0. The number of likely N-dealkylation sites (N-methyl/N-ethyl adjacent to an activating group) is 1. The van der Waals surface area contributed by atoms with Crippen molar-refractivity contribution in [3.8, 4) is 22.5 Å². The summed E-state index contributed by atoms with van der Waals surface area (Å²) in [6.45, 7) is 6.28. The van der Waals surface area contributed by atoms with Gasteiger partial charge >= 0.3 is 0 Å². The van der Waals surface area contributed by atoms with Gasteiger partial charge in [0.15, 0.2) is 5.82 Å². The van der Waals surface area contributed by atoms with Crippen LogP contribution in [0.15, 0.2) is 78.9 Å². The van der Waals surface area contributed by atoms with Gasteiger partial charge in [-0.05, 0) is 37.6 Å². The van der Waals surface area contributed by atoms with Crippen LogP contribution in [0.3, 0.4) is 0 Å². The molecule has 1 unspecified atom stereocenters. The molecular weight excluding hydrogens is 510 g/mol. The summed E-state index contributed by atoms with van der Waals surface area (Å²) in [5, 5.41) is 12.8. The van der Waals surface area contributed by atoms with Crippen molar-refractivity contribution >= 4 is 11.4 Å². The van der Waals surface area contributed by atoms with Gasteiger partial charge in [0.25, 0.3) is 0 Å². The number of hydrogen-bond acceptors (Lipinski definition) is 8. The molecule has 3 aliphatic rings. The van der Waals surface area contributed by atoms with Crippen molar-refractivity contribution in [2.45, 2.75) is 31.5 Å². The van der Waals surface area contributed by atoms with Crippen LogP contribution >= 0.6 is 0 Å². The Morgan fingerprint density at radius 3 is 2.39 bits per heavy atom. The number of anilines is 2. The van der Waals surface area contributed by atoms with E-state index < -0.39 is 0 Å². The Morgan fingerprint density at radius 2 is 1.59 bits per heavy atom. The Kier molecular flexibility index (Phi) is 7.35. The first-order valence-corrected chi connectivity index (χ1v) is 14.7. The van der Waals surface area contributed by atoms with Crippen LogP contribution in [0, 0.1) is 0 Å². The van der Waals surface area contributed by atoms with Crippen LogP contribution in [-0.2, 0) is 11.3 Å². The van der Waals surface area contributed by atoms with E-state index in [1.807, 2.05) is 18.2 Å². The van der Waals surface area contributed by atoms with Crippen molar-refractivity contribution in [1.82, 2.24) is 25.0 Å². The number of morpholine rings is 1. The van der Waals surface area contributed by atoms with Crippen molar-refractivity contribution in [3.63, 3.8) is 0 Å². The van der Waals surface area contributed by atoms with Gasteiger partial charge in [-0.1, -0.05) is 66.7 Å². The molecule has 0 saturated carbocycles. The van der Waals surface area contributed by atoms with Crippen molar-refractivity contribution in [2.75, 3.05) is 56.8 Å². The van der Waals surface area contributed by atoms with Crippen molar-refractivity contribution in [1.29, 1.82) is 0 Å². The average Bonchev–Trinajstić information content (AvgIpc) is 3.47. The molecule has 8 nitrogen and oxygen atoms in total. The quantitative estimate of drug-likeness (QED) is 0.359. The zero-order chi connectivity index (χ0) is 27.6. The fourth-order valence-corrected chi connectivity index (χ4v) is 6.30. The van der Waals surface area contributed by atoms with Gasteiger partial charge in [-0.15, -0.1) is 10.2 Å². The van der Waals surface area contributed by atoms with Crippen LogP contribution in [0.5, 0.6) is 0 Å². The van der Waals surface area contributed by atoms with E-state index in [0.717, 1.165) is 62.0 Å². The van der Waals surface area contributed by atoms with Crippen LogP contribution in [0.2, 0.25) is 0 Å². The molecule has 0 bridgehead atoms. The van der Waals surface area contributed by atoms with Crippen LogP contribution < -0.4 is 10.2 Å². The summed E-state index contributed by atoms with van der Waals surface area (Å²) in [5.41, 5.74) is 7.68. The number of hydrogen-bond donors (Lipinski definition) is 1. The van der Waals surface area contributed by atoms with Gasteiger partial charge in [0.05, 0.1) is 37.3 Å². The highest BCUT2D eigenvalue weighted by atomic mass is 16.5. The highest BCUT2D eigenvalue weighted by molar-refractivity contribution is 5.77. The van der Waals surface area contributed by atoms with Crippen LogP contribution in [0.1, 0.15) is 30.3 Å². The van der Waals surface area contributed by atoms with E-state index >= 15 is 0 Å². The van der Waals surface area contributed by atoms with E-state index in [4.69, 9.17) is 14.8 Å². The maximum atomic E-state index is 5.75. The first-order valence-electron chi connectivity index (χ1n) is 14.7. The zero-order valence-corrected chi connectivity index (χ0v) is 23.6. The molecule has 2 saturated heterocycles. The number of benzene rings is 3. The van der Waals surface area contributed by atoms with Gasteiger partial charge < -0.3 is 15.0 Å². The van der Waals surface area contributed by atoms with Crippen LogP contribution in [0.4, 0.5) is 11.4 Å². The van der Waals surface area contributed by atoms with Crippen molar-refractivity contribution < 1.29 is 4.74 Å². The Balaban J connectivity index is 1.06. The molecule has 0 spiro atoms. The Labute approximate surface area is 242 Å². The first-order chi connectivity index (χ1) is 20.2. The van der Waals surface area contributed by atoms with Gasteiger partial charge in [0.2, 0.25) is 0 Å². The van der Waals surface area contributed by atoms with Gasteiger partial charge in [0, 0.05) is 43.3 Å². The highest BCUT2D eigenvalue weighted by Gasteiger charge is 2.29. The number of nitrogens with one attached hydrogen (secondary N) is 1. The number of aromatic nitrogens is 3. The Morgan fingerprint density at radius 1 is 0.829 bits per heavy atom. The summed E-state index contributed by atoms with van der Waals surface area (Å²) < 4.78 is 5.75. The van der Waals surface area contributed by atoms with E-state index in [0.29, 0.717) is 18.5 Å². The maximum Gasteiger partial charge on any atom is 0.171 e. The fourth-order valence-electron chi connectivity index (χ4n) is 6.30. The number of nitrogens with zero attached hydrogens (tertiary/aromatic N) is 6. The van der Waals surface area contributed by atoms with Crippen LogP contribution in [-0.4, -0.2) is 77.6 Å². The average molecular weight is 548 g/mol. The summed E-state index contributed by atoms with van der Waals surface area (Å²) in [4.78, 5) is 12.5. The second kappa shape index (κ2) is 11.6.